The maximum absolute atomic E-state index is 12.8. The summed E-state index contributed by atoms with van der Waals surface area (Å²) < 4.78 is 12.6. The number of carbonyl (C=O) groups is 1. The summed E-state index contributed by atoms with van der Waals surface area (Å²) in [5.74, 6) is 1.24. The summed E-state index contributed by atoms with van der Waals surface area (Å²) >= 11 is 15.6. The van der Waals surface area contributed by atoms with E-state index >= 15 is 0 Å². The van der Waals surface area contributed by atoms with Crippen molar-refractivity contribution >= 4 is 51.0 Å². The molecule has 6 heteroatoms. The topological polar surface area (TPSA) is 35.5 Å². The Hall–Kier alpha value is -2.27. The van der Waals surface area contributed by atoms with Gasteiger partial charge in [0.1, 0.15) is 18.1 Å². The van der Waals surface area contributed by atoms with E-state index in [0.29, 0.717) is 27.1 Å². The van der Waals surface area contributed by atoms with Gasteiger partial charge in [-0.15, -0.1) is 0 Å². The number of Topliss-reactive ketones (excluding diaryl/α,β-unsaturated/α-hetero) is 1. The largest absolute Gasteiger partial charge is 0.489 e. The van der Waals surface area contributed by atoms with Gasteiger partial charge in [0, 0.05) is 26.1 Å². The second-order valence-electron chi connectivity index (χ2n) is 6.60. The van der Waals surface area contributed by atoms with Crippen LogP contribution in [0.4, 0.5) is 0 Å². The molecule has 1 aliphatic rings. The third kappa shape index (κ3) is 4.20. The summed E-state index contributed by atoms with van der Waals surface area (Å²) in [6, 6.07) is 16.5. The smallest absolute Gasteiger partial charge is 0.232 e. The van der Waals surface area contributed by atoms with E-state index in [2.05, 4.69) is 15.9 Å². The average Bonchev–Trinajstić information content (AvgIpc) is 2.99. The molecule has 0 fully saturated rings. The van der Waals surface area contributed by atoms with Crippen LogP contribution in [0.25, 0.3) is 6.08 Å². The number of benzene rings is 3. The monoisotopic (exact) mass is 488 g/mol. The van der Waals surface area contributed by atoms with Gasteiger partial charge in [0.2, 0.25) is 5.78 Å². The SMILES string of the molecule is Cc1cc(OCc2ccc(Cl)cc2Cl)cc2c1C(=O)/C(=C/c1ccccc1Br)O2. The van der Waals surface area contributed by atoms with Gasteiger partial charge in [-0.05, 0) is 48.4 Å². The van der Waals surface area contributed by atoms with Gasteiger partial charge in [0.15, 0.2) is 5.76 Å². The number of carbonyl (C=O) groups excluding carboxylic acids is 1. The number of aryl methyl sites for hydroxylation is 1. The van der Waals surface area contributed by atoms with Gasteiger partial charge in [-0.2, -0.15) is 0 Å². The van der Waals surface area contributed by atoms with Gasteiger partial charge in [-0.25, -0.2) is 0 Å². The minimum atomic E-state index is -0.138. The Morgan fingerprint density at radius 2 is 1.90 bits per heavy atom. The van der Waals surface area contributed by atoms with Crippen LogP contribution in [-0.2, 0) is 6.61 Å². The van der Waals surface area contributed by atoms with E-state index in [-0.39, 0.29) is 18.1 Å². The molecule has 4 rings (SSSR count). The molecule has 146 valence electrons. The van der Waals surface area contributed by atoms with Gasteiger partial charge in [-0.3, -0.25) is 4.79 Å². The van der Waals surface area contributed by atoms with Crippen molar-refractivity contribution in [3.63, 3.8) is 0 Å². The molecule has 0 spiro atoms. The summed E-state index contributed by atoms with van der Waals surface area (Å²) in [6.07, 6.45) is 1.74. The van der Waals surface area contributed by atoms with Crippen molar-refractivity contribution in [2.45, 2.75) is 13.5 Å². The normalized spacial score (nSPS) is 14.1. The predicted octanol–water partition coefficient (Wildman–Crippen LogP) is 7.26. The molecular formula is C23H15BrCl2O3. The number of rotatable bonds is 4. The second-order valence-corrected chi connectivity index (χ2v) is 8.30. The van der Waals surface area contributed by atoms with E-state index in [4.69, 9.17) is 32.7 Å². The fourth-order valence-corrected chi connectivity index (χ4v) is 3.96. The minimum absolute atomic E-state index is 0.138. The van der Waals surface area contributed by atoms with Crippen LogP contribution in [0.2, 0.25) is 10.0 Å². The lowest BCUT2D eigenvalue weighted by molar-refractivity contribution is 0.101. The lowest BCUT2D eigenvalue weighted by atomic mass is 10.0. The van der Waals surface area contributed by atoms with Crippen LogP contribution in [0.3, 0.4) is 0 Å². The molecule has 0 N–H and O–H groups in total. The molecule has 1 heterocycles. The molecule has 0 bridgehead atoms. The van der Waals surface area contributed by atoms with Crippen molar-refractivity contribution in [3.8, 4) is 11.5 Å². The summed E-state index contributed by atoms with van der Waals surface area (Å²) in [6.45, 7) is 2.14. The zero-order valence-electron chi connectivity index (χ0n) is 15.3. The zero-order chi connectivity index (χ0) is 20.5. The predicted molar refractivity (Wildman–Crippen MR) is 119 cm³/mol. The first-order chi connectivity index (χ1) is 13.9. The van der Waals surface area contributed by atoms with Crippen molar-refractivity contribution in [2.75, 3.05) is 0 Å². The number of ether oxygens (including phenoxy) is 2. The summed E-state index contributed by atoms with van der Waals surface area (Å²) in [5.41, 5.74) is 3.04. The third-order valence-corrected chi connectivity index (χ3v) is 5.85. The first kappa shape index (κ1) is 20.0. The standard InChI is InChI=1S/C23H15BrCl2O3/c1-13-8-17(28-12-15-6-7-16(25)10-19(15)26)11-20-22(13)23(27)21(29-20)9-14-4-2-3-5-18(14)24/h2-11H,12H2,1H3/b21-9-. The molecule has 3 aromatic rings. The number of allylic oxidation sites excluding steroid dienone is 1. The maximum atomic E-state index is 12.8. The van der Waals surface area contributed by atoms with E-state index in [1.54, 1.807) is 24.3 Å². The van der Waals surface area contributed by atoms with E-state index in [1.807, 2.05) is 43.3 Å². The van der Waals surface area contributed by atoms with Crippen molar-refractivity contribution in [1.29, 1.82) is 0 Å². The Morgan fingerprint density at radius 1 is 1.10 bits per heavy atom. The molecule has 0 saturated carbocycles. The number of hydrogen-bond donors (Lipinski definition) is 0. The molecule has 0 saturated heterocycles. The molecule has 0 unspecified atom stereocenters. The number of fused-ring (bicyclic) bond motifs is 1. The lowest BCUT2D eigenvalue weighted by Crippen LogP contribution is -2.00. The highest BCUT2D eigenvalue weighted by atomic mass is 79.9. The number of hydrogen-bond acceptors (Lipinski definition) is 3. The van der Waals surface area contributed by atoms with Gasteiger partial charge < -0.3 is 9.47 Å². The highest BCUT2D eigenvalue weighted by Crippen LogP contribution is 2.38. The molecule has 3 nitrogen and oxygen atoms in total. The van der Waals surface area contributed by atoms with E-state index < -0.39 is 0 Å². The van der Waals surface area contributed by atoms with Crippen LogP contribution in [0.1, 0.15) is 27.0 Å². The highest BCUT2D eigenvalue weighted by molar-refractivity contribution is 9.10. The van der Waals surface area contributed by atoms with Gasteiger partial charge in [0.25, 0.3) is 0 Å². The van der Waals surface area contributed by atoms with Crippen molar-refractivity contribution in [2.24, 2.45) is 0 Å². The molecule has 0 amide bonds. The molecule has 0 aliphatic carbocycles. The summed E-state index contributed by atoms with van der Waals surface area (Å²) in [7, 11) is 0. The second kappa shape index (κ2) is 8.23. The van der Waals surface area contributed by atoms with E-state index in [0.717, 1.165) is 21.2 Å². The Bertz CT molecular complexity index is 1150. The van der Waals surface area contributed by atoms with Gasteiger partial charge in [-0.1, -0.05) is 63.4 Å². The van der Waals surface area contributed by atoms with Crippen molar-refractivity contribution < 1.29 is 14.3 Å². The van der Waals surface area contributed by atoms with Gasteiger partial charge >= 0.3 is 0 Å². The Labute approximate surface area is 187 Å². The van der Waals surface area contributed by atoms with Gasteiger partial charge in [0.05, 0.1) is 5.56 Å². The Kier molecular flexibility index (Phi) is 5.68. The van der Waals surface area contributed by atoms with Crippen LogP contribution >= 0.6 is 39.1 Å². The van der Waals surface area contributed by atoms with Crippen LogP contribution < -0.4 is 9.47 Å². The maximum Gasteiger partial charge on any atom is 0.232 e. The first-order valence-electron chi connectivity index (χ1n) is 8.82. The van der Waals surface area contributed by atoms with Crippen molar-refractivity contribution in [1.82, 2.24) is 0 Å². The molecule has 0 aromatic heterocycles. The minimum Gasteiger partial charge on any atom is -0.489 e. The molecule has 29 heavy (non-hydrogen) atoms. The fraction of sp³-hybridized carbons (Fsp3) is 0.0870. The molecule has 1 aliphatic heterocycles. The number of ketones is 1. The Morgan fingerprint density at radius 3 is 2.66 bits per heavy atom. The summed E-state index contributed by atoms with van der Waals surface area (Å²) in [5, 5.41) is 1.11. The average molecular weight is 490 g/mol. The third-order valence-electron chi connectivity index (χ3n) is 4.54. The van der Waals surface area contributed by atoms with E-state index in [9.17, 15) is 4.79 Å². The quantitative estimate of drug-likeness (QED) is 0.362. The lowest BCUT2D eigenvalue weighted by Gasteiger charge is -2.10. The molecule has 3 aromatic carbocycles. The van der Waals surface area contributed by atoms with Crippen LogP contribution in [0.15, 0.2) is 64.8 Å². The van der Waals surface area contributed by atoms with Crippen LogP contribution in [0.5, 0.6) is 11.5 Å². The zero-order valence-corrected chi connectivity index (χ0v) is 18.4. The van der Waals surface area contributed by atoms with Crippen molar-refractivity contribution in [3.05, 3.63) is 97.1 Å². The molecule has 0 atom stereocenters. The van der Waals surface area contributed by atoms with Crippen LogP contribution in [-0.4, -0.2) is 5.78 Å². The Balaban J connectivity index is 1.58. The summed E-state index contributed by atoms with van der Waals surface area (Å²) in [4.78, 5) is 12.8. The molecule has 0 radical (unpaired) electrons. The number of halogens is 3. The fourth-order valence-electron chi connectivity index (χ4n) is 3.09. The van der Waals surface area contributed by atoms with E-state index in [1.165, 1.54) is 0 Å². The van der Waals surface area contributed by atoms with Crippen LogP contribution in [0, 0.1) is 6.92 Å². The molecular weight excluding hydrogens is 475 g/mol. The first-order valence-corrected chi connectivity index (χ1v) is 10.4. The highest BCUT2D eigenvalue weighted by Gasteiger charge is 2.30.